The van der Waals surface area contributed by atoms with Crippen LogP contribution in [-0.2, 0) is 0 Å². The van der Waals surface area contributed by atoms with Crippen LogP contribution < -0.4 is 5.32 Å². The van der Waals surface area contributed by atoms with Gasteiger partial charge in [0.05, 0.1) is 4.92 Å². The lowest BCUT2D eigenvalue weighted by Crippen LogP contribution is -2.19. The van der Waals surface area contributed by atoms with Crippen molar-refractivity contribution in [3.05, 3.63) is 27.9 Å². The number of aromatic carboxylic acids is 1. The van der Waals surface area contributed by atoms with Crippen LogP contribution in [0.5, 0.6) is 0 Å². The molecule has 0 radical (unpaired) electrons. The van der Waals surface area contributed by atoms with Gasteiger partial charge in [-0.1, -0.05) is 0 Å². The maximum Gasteiger partial charge on any atom is 0.342 e. The molecule has 2 N–H and O–H groups in total. The molecule has 2 rings (SSSR count). The molecule has 7 nitrogen and oxygen atoms in total. The van der Waals surface area contributed by atoms with Crippen molar-refractivity contribution in [1.29, 1.82) is 0 Å². The molecule has 0 spiro atoms. The number of anilines is 1. The van der Waals surface area contributed by atoms with Crippen LogP contribution in [-0.4, -0.2) is 38.5 Å². The number of rotatable bonds is 4. The topological polar surface area (TPSA) is 105 Å². The molecule has 1 saturated heterocycles. The lowest BCUT2D eigenvalue weighted by Gasteiger charge is -2.11. The number of nitrogens with zero attached hydrogens (tertiary/aromatic N) is 2. The summed E-state index contributed by atoms with van der Waals surface area (Å²) in [5.74, 6) is 1.02. The summed E-state index contributed by atoms with van der Waals surface area (Å²) in [5.41, 5.74) is -0.836. The van der Waals surface area contributed by atoms with E-state index >= 15 is 0 Å². The molecule has 1 atom stereocenters. The molecule has 18 heavy (non-hydrogen) atoms. The van der Waals surface area contributed by atoms with Crippen molar-refractivity contribution in [2.75, 3.05) is 16.8 Å². The van der Waals surface area contributed by atoms with E-state index in [-0.39, 0.29) is 11.6 Å². The Bertz CT molecular complexity index is 488. The number of carbonyl (C=O) groups is 1. The molecule has 1 aliphatic rings. The van der Waals surface area contributed by atoms with Gasteiger partial charge in [-0.3, -0.25) is 10.1 Å². The molecule has 0 aliphatic carbocycles. The minimum Gasteiger partial charge on any atom is -0.477 e. The molecular weight excluding hydrogens is 258 g/mol. The summed E-state index contributed by atoms with van der Waals surface area (Å²) in [6.45, 7) is 0. The van der Waals surface area contributed by atoms with Crippen LogP contribution in [0, 0.1) is 10.1 Å². The highest BCUT2D eigenvalue weighted by Gasteiger charge is 2.22. The van der Waals surface area contributed by atoms with Crippen molar-refractivity contribution >= 4 is 29.2 Å². The van der Waals surface area contributed by atoms with Gasteiger partial charge < -0.3 is 10.4 Å². The zero-order chi connectivity index (χ0) is 13.1. The molecular formula is C10H11N3O4S. The van der Waals surface area contributed by atoms with Crippen molar-refractivity contribution in [2.45, 2.75) is 12.5 Å². The summed E-state index contributed by atoms with van der Waals surface area (Å²) in [4.78, 5) is 24.7. The van der Waals surface area contributed by atoms with Crippen molar-refractivity contribution < 1.29 is 14.8 Å². The van der Waals surface area contributed by atoms with E-state index in [0.29, 0.717) is 5.82 Å². The van der Waals surface area contributed by atoms with Crippen LogP contribution in [0.25, 0.3) is 0 Å². The van der Waals surface area contributed by atoms with Gasteiger partial charge in [-0.05, 0) is 12.2 Å². The lowest BCUT2D eigenvalue weighted by molar-refractivity contribution is -0.385. The standard InChI is InChI=1S/C10H11N3O4S/c14-10(15)7-3-9(11-4-8(7)13(16)17)12-6-1-2-18-5-6/h3-4,6H,1-2,5H2,(H,11,12)(H,14,15). The van der Waals surface area contributed by atoms with E-state index < -0.39 is 16.6 Å². The van der Waals surface area contributed by atoms with E-state index in [2.05, 4.69) is 10.3 Å². The summed E-state index contributed by atoms with van der Waals surface area (Å²) < 4.78 is 0. The molecule has 0 aromatic carbocycles. The predicted molar refractivity (Wildman–Crippen MR) is 67.2 cm³/mol. The quantitative estimate of drug-likeness (QED) is 0.631. The Hall–Kier alpha value is -1.83. The van der Waals surface area contributed by atoms with Crippen molar-refractivity contribution in [2.24, 2.45) is 0 Å². The number of nitro groups is 1. The number of pyridine rings is 1. The Morgan fingerprint density at radius 3 is 3.00 bits per heavy atom. The van der Waals surface area contributed by atoms with Gasteiger partial charge in [0.15, 0.2) is 0 Å². The minimum absolute atomic E-state index is 0.241. The summed E-state index contributed by atoms with van der Waals surface area (Å²) in [7, 11) is 0. The second-order valence-electron chi connectivity index (χ2n) is 3.85. The van der Waals surface area contributed by atoms with Gasteiger partial charge in [-0.15, -0.1) is 0 Å². The maximum absolute atomic E-state index is 11.0. The summed E-state index contributed by atoms with van der Waals surface area (Å²) in [5, 5.41) is 22.7. The highest BCUT2D eigenvalue weighted by molar-refractivity contribution is 7.99. The van der Waals surface area contributed by atoms with Crippen LogP contribution in [0.1, 0.15) is 16.8 Å². The normalized spacial score (nSPS) is 18.6. The molecule has 8 heteroatoms. The highest BCUT2D eigenvalue weighted by Crippen LogP contribution is 2.24. The van der Waals surface area contributed by atoms with E-state index in [1.54, 1.807) is 11.8 Å². The number of hydrogen-bond donors (Lipinski definition) is 2. The number of aromatic nitrogens is 1. The first kappa shape index (κ1) is 12.6. The molecule has 1 unspecified atom stereocenters. The Morgan fingerprint density at radius 2 is 2.44 bits per heavy atom. The Balaban J connectivity index is 2.24. The van der Waals surface area contributed by atoms with Crippen LogP contribution in [0.3, 0.4) is 0 Å². The van der Waals surface area contributed by atoms with Crippen LogP contribution in [0.4, 0.5) is 11.5 Å². The molecule has 2 heterocycles. The van der Waals surface area contributed by atoms with Crippen LogP contribution in [0.15, 0.2) is 12.3 Å². The second kappa shape index (κ2) is 5.21. The molecule has 0 saturated carbocycles. The zero-order valence-electron chi connectivity index (χ0n) is 9.33. The predicted octanol–water partition coefficient (Wildman–Crippen LogP) is 1.61. The van der Waals surface area contributed by atoms with Gasteiger partial charge in [0, 0.05) is 17.9 Å². The van der Waals surface area contributed by atoms with Gasteiger partial charge in [0.25, 0.3) is 0 Å². The Kier molecular flexibility index (Phi) is 3.66. The van der Waals surface area contributed by atoms with Crippen molar-refractivity contribution in [3.63, 3.8) is 0 Å². The van der Waals surface area contributed by atoms with Gasteiger partial charge >= 0.3 is 11.7 Å². The first-order chi connectivity index (χ1) is 8.58. The SMILES string of the molecule is O=C(O)c1cc(NC2CCSC2)ncc1[N+](=O)[O-]. The summed E-state index contributed by atoms with van der Waals surface area (Å²) in [6, 6.07) is 1.45. The Morgan fingerprint density at radius 1 is 1.67 bits per heavy atom. The average molecular weight is 269 g/mol. The lowest BCUT2D eigenvalue weighted by atomic mass is 10.2. The van der Waals surface area contributed by atoms with Gasteiger partial charge in [0.1, 0.15) is 17.6 Å². The summed E-state index contributed by atoms with van der Waals surface area (Å²) >= 11 is 1.81. The molecule has 96 valence electrons. The third-order valence-corrected chi connectivity index (χ3v) is 3.75. The van der Waals surface area contributed by atoms with Crippen molar-refractivity contribution in [1.82, 2.24) is 4.98 Å². The molecule has 1 aliphatic heterocycles. The van der Waals surface area contributed by atoms with E-state index in [4.69, 9.17) is 5.11 Å². The third-order valence-electron chi connectivity index (χ3n) is 2.59. The molecule has 0 bridgehead atoms. The highest BCUT2D eigenvalue weighted by atomic mass is 32.2. The first-order valence-corrected chi connectivity index (χ1v) is 6.45. The second-order valence-corrected chi connectivity index (χ2v) is 5.00. The molecule has 1 aromatic heterocycles. The monoisotopic (exact) mass is 269 g/mol. The smallest absolute Gasteiger partial charge is 0.342 e. The van der Waals surface area contributed by atoms with E-state index in [0.717, 1.165) is 24.1 Å². The number of nitrogens with one attached hydrogen (secondary N) is 1. The van der Waals surface area contributed by atoms with Gasteiger partial charge in [-0.25, -0.2) is 9.78 Å². The fourth-order valence-electron chi connectivity index (χ4n) is 1.70. The fourth-order valence-corrected chi connectivity index (χ4v) is 2.85. The van der Waals surface area contributed by atoms with Crippen LogP contribution >= 0.6 is 11.8 Å². The summed E-state index contributed by atoms with van der Waals surface area (Å²) in [6.07, 6.45) is 1.96. The fraction of sp³-hybridized carbons (Fsp3) is 0.400. The molecule has 1 fully saturated rings. The van der Waals surface area contributed by atoms with E-state index in [9.17, 15) is 14.9 Å². The van der Waals surface area contributed by atoms with Crippen molar-refractivity contribution in [3.8, 4) is 0 Å². The molecule has 1 aromatic rings. The van der Waals surface area contributed by atoms with E-state index in [1.807, 2.05) is 0 Å². The maximum atomic E-state index is 11.0. The van der Waals surface area contributed by atoms with Gasteiger partial charge in [0.2, 0.25) is 0 Å². The van der Waals surface area contributed by atoms with Gasteiger partial charge in [-0.2, -0.15) is 11.8 Å². The molecule has 0 amide bonds. The van der Waals surface area contributed by atoms with E-state index in [1.165, 1.54) is 6.07 Å². The zero-order valence-corrected chi connectivity index (χ0v) is 10.1. The number of thioether (sulfide) groups is 1. The average Bonchev–Trinajstić information content (AvgIpc) is 2.81. The number of carboxylic acid groups (broad SMARTS) is 1. The number of carboxylic acids is 1. The Labute approximate surface area is 107 Å². The van der Waals surface area contributed by atoms with Crippen LogP contribution in [0.2, 0.25) is 0 Å². The first-order valence-electron chi connectivity index (χ1n) is 5.30. The third kappa shape index (κ3) is 2.70. The largest absolute Gasteiger partial charge is 0.477 e. The number of hydrogen-bond acceptors (Lipinski definition) is 6. The minimum atomic E-state index is -1.33.